The van der Waals surface area contributed by atoms with Crippen LogP contribution in [-0.2, 0) is 33.3 Å². The van der Waals surface area contributed by atoms with Crippen molar-refractivity contribution < 1.29 is 42.9 Å². The van der Waals surface area contributed by atoms with Crippen LogP contribution in [0.1, 0.15) is 258 Å². The molecule has 9 heteroatoms. The third-order valence-corrected chi connectivity index (χ3v) is 12.8. The maximum Gasteiger partial charge on any atom is 0.306 e. The summed E-state index contributed by atoms with van der Waals surface area (Å²) in [7, 11) is 5.91. The van der Waals surface area contributed by atoms with Crippen molar-refractivity contribution in [3.63, 3.8) is 0 Å². The number of carbonyl (C=O) groups is 3. The maximum absolute atomic E-state index is 12.7. The fourth-order valence-corrected chi connectivity index (χ4v) is 8.27. The fraction of sp³-hybridized carbons (Fsp3) is 0.790. The Balaban J connectivity index is 3.76. The zero-order chi connectivity index (χ0) is 52.0. The van der Waals surface area contributed by atoms with Gasteiger partial charge in [-0.05, 0) is 57.8 Å². The van der Waals surface area contributed by atoms with Crippen molar-refractivity contribution in [1.82, 2.24) is 0 Å². The second-order valence-electron chi connectivity index (χ2n) is 20.9. The molecule has 0 aliphatic carbocycles. The van der Waals surface area contributed by atoms with Gasteiger partial charge in [0, 0.05) is 12.8 Å². The topological polar surface area (TPSA) is 111 Å². The zero-order valence-corrected chi connectivity index (χ0v) is 46.8. The van der Waals surface area contributed by atoms with Gasteiger partial charge < -0.3 is 33.3 Å². The van der Waals surface area contributed by atoms with E-state index in [2.05, 4.69) is 74.6 Å². The minimum atomic E-state index is -1.61. The second-order valence-corrected chi connectivity index (χ2v) is 20.9. The first-order chi connectivity index (χ1) is 34.6. The summed E-state index contributed by atoms with van der Waals surface area (Å²) >= 11 is 0. The van der Waals surface area contributed by atoms with E-state index in [1.54, 1.807) is 0 Å². The third-order valence-electron chi connectivity index (χ3n) is 12.8. The normalized spacial score (nSPS) is 13.2. The van der Waals surface area contributed by atoms with E-state index in [1.165, 1.54) is 148 Å². The molecular formula is C62H111NO8. The number of aliphatic carboxylic acids is 1. The highest BCUT2D eigenvalue weighted by Gasteiger charge is 2.22. The molecule has 2 atom stereocenters. The molecule has 2 unspecified atom stereocenters. The summed E-state index contributed by atoms with van der Waals surface area (Å²) in [5.74, 6) is -2.29. The SMILES string of the molecule is CC/C=C\C/C=C\C/C=C\C/C=C\C/C=C\CCCCCCCCCCCCCCCCCCCCCCCCCCCC(=O)OC(COC(=O)CCCCCCC)COC(OCC[N+](C)(C)C)C(=O)[O-]. The number of hydrogen-bond donors (Lipinski definition) is 0. The van der Waals surface area contributed by atoms with Crippen molar-refractivity contribution in [3.8, 4) is 0 Å². The maximum atomic E-state index is 12.7. The number of esters is 2. The summed E-state index contributed by atoms with van der Waals surface area (Å²) < 4.78 is 22.5. The van der Waals surface area contributed by atoms with E-state index in [1.807, 2.05) is 21.1 Å². The summed E-state index contributed by atoms with van der Waals surface area (Å²) in [5.41, 5.74) is 0. The van der Waals surface area contributed by atoms with Crippen molar-refractivity contribution >= 4 is 17.9 Å². The van der Waals surface area contributed by atoms with E-state index in [-0.39, 0.29) is 38.6 Å². The number of allylic oxidation sites excluding steroid dienone is 10. The monoisotopic (exact) mass is 998 g/mol. The molecule has 0 rings (SSSR count). The lowest BCUT2D eigenvalue weighted by atomic mass is 10.0. The van der Waals surface area contributed by atoms with Crippen LogP contribution in [0.4, 0.5) is 0 Å². The molecule has 0 radical (unpaired) electrons. The van der Waals surface area contributed by atoms with E-state index in [9.17, 15) is 19.5 Å². The van der Waals surface area contributed by atoms with Gasteiger partial charge in [-0.3, -0.25) is 9.59 Å². The molecule has 0 aromatic heterocycles. The molecule has 412 valence electrons. The van der Waals surface area contributed by atoms with Gasteiger partial charge in [-0.1, -0.05) is 248 Å². The summed E-state index contributed by atoms with van der Waals surface area (Å²) in [6.07, 6.45) is 65.1. The molecule has 0 aromatic carbocycles. The van der Waals surface area contributed by atoms with E-state index < -0.39 is 24.3 Å². The molecule has 0 aliphatic rings. The Kier molecular flexibility index (Phi) is 51.0. The van der Waals surface area contributed by atoms with Crippen molar-refractivity contribution in [3.05, 3.63) is 60.8 Å². The molecule has 0 aliphatic heterocycles. The molecule has 0 N–H and O–H groups in total. The quantitative estimate of drug-likeness (QED) is 0.0195. The number of quaternary nitrogens is 1. The van der Waals surface area contributed by atoms with Crippen LogP contribution in [0.25, 0.3) is 0 Å². The summed E-state index contributed by atoms with van der Waals surface area (Å²) in [4.78, 5) is 36.8. The lowest BCUT2D eigenvalue weighted by Crippen LogP contribution is -2.44. The average molecular weight is 999 g/mol. The molecular weight excluding hydrogens is 887 g/mol. The van der Waals surface area contributed by atoms with Crippen LogP contribution in [0.2, 0.25) is 0 Å². The first-order valence-electron chi connectivity index (χ1n) is 29.4. The Bertz CT molecular complexity index is 1350. The van der Waals surface area contributed by atoms with Crippen LogP contribution in [-0.4, -0.2) is 82.3 Å². The number of ether oxygens (including phenoxy) is 4. The van der Waals surface area contributed by atoms with Crippen molar-refractivity contribution in [1.29, 1.82) is 0 Å². The number of rotatable bonds is 54. The molecule has 0 aromatic rings. The average Bonchev–Trinajstić information content (AvgIpc) is 3.34. The first kappa shape index (κ1) is 68.0. The van der Waals surface area contributed by atoms with E-state index >= 15 is 0 Å². The third kappa shape index (κ3) is 54.6. The molecule has 9 nitrogen and oxygen atoms in total. The van der Waals surface area contributed by atoms with E-state index in [4.69, 9.17) is 18.9 Å². The summed E-state index contributed by atoms with van der Waals surface area (Å²) in [6, 6.07) is 0. The fourth-order valence-electron chi connectivity index (χ4n) is 8.27. The standard InChI is InChI=1S/C62H111NO8/c1-6-8-10-12-13-14-15-16-17-18-19-20-21-22-23-24-25-26-27-28-29-30-31-32-33-34-35-36-37-38-39-40-41-42-43-44-45-46-47-49-51-53-60(65)71-58(56-69-59(64)52-50-48-11-9-7-2)57-70-62(61(66)67)68-55-54-63(3,4)5/h8,10,13-14,16-17,19-20,22-23,58,62H,6-7,9,11-12,15,18,21,24-57H2,1-5H3/b10-8-,14-13-,17-16-,20-19-,23-22-. The van der Waals surface area contributed by atoms with Gasteiger partial charge in [-0.15, -0.1) is 0 Å². The summed E-state index contributed by atoms with van der Waals surface area (Å²) in [6.45, 7) is 4.55. The van der Waals surface area contributed by atoms with Crippen LogP contribution in [0.5, 0.6) is 0 Å². The Morgan fingerprint density at radius 3 is 1.20 bits per heavy atom. The van der Waals surface area contributed by atoms with Crippen molar-refractivity contribution in [2.24, 2.45) is 0 Å². The Hall–Kier alpha value is -3.01. The number of hydrogen-bond acceptors (Lipinski definition) is 8. The van der Waals surface area contributed by atoms with Gasteiger partial charge in [0.05, 0.1) is 40.3 Å². The number of carbonyl (C=O) groups excluding carboxylic acids is 3. The highest BCUT2D eigenvalue weighted by atomic mass is 16.7. The van der Waals surface area contributed by atoms with Gasteiger partial charge in [0.15, 0.2) is 12.4 Å². The van der Waals surface area contributed by atoms with Crippen LogP contribution in [0.15, 0.2) is 60.8 Å². The van der Waals surface area contributed by atoms with Gasteiger partial charge in [0.25, 0.3) is 0 Å². The molecule has 0 saturated carbocycles. The minimum absolute atomic E-state index is 0.149. The number of unbranched alkanes of at least 4 members (excludes halogenated alkanes) is 29. The highest BCUT2D eigenvalue weighted by Crippen LogP contribution is 2.17. The predicted molar refractivity (Wildman–Crippen MR) is 297 cm³/mol. The molecule has 0 spiro atoms. The van der Waals surface area contributed by atoms with Crippen molar-refractivity contribution in [2.75, 3.05) is 47.5 Å². The molecule has 0 saturated heterocycles. The lowest BCUT2D eigenvalue weighted by molar-refractivity contribution is -0.870. The van der Waals surface area contributed by atoms with Crippen LogP contribution >= 0.6 is 0 Å². The van der Waals surface area contributed by atoms with Crippen LogP contribution in [0, 0.1) is 0 Å². The number of likely N-dealkylation sites (N-methyl/N-ethyl adjacent to an activating group) is 1. The molecule has 0 fully saturated rings. The van der Waals surface area contributed by atoms with Crippen molar-refractivity contribution in [2.45, 2.75) is 270 Å². The predicted octanol–water partition coefficient (Wildman–Crippen LogP) is 15.9. The Morgan fingerprint density at radius 1 is 0.437 bits per heavy atom. The largest absolute Gasteiger partial charge is 0.545 e. The van der Waals surface area contributed by atoms with Crippen LogP contribution < -0.4 is 5.11 Å². The zero-order valence-electron chi connectivity index (χ0n) is 46.8. The lowest BCUT2D eigenvalue weighted by Gasteiger charge is -2.26. The smallest absolute Gasteiger partial charge is 0.306 e. The molecule has 0 amide bonds. The Morgan fingerprint density at radius 2 is 0.803 bits per heavy atom. The van der Waals surface area contributed by atoms with Gasteiger partial charge in [-0.2, -0.15) is 0 Å². The number of carboxylic acid groups (broad SMARTS) is 1. The van der Waals surface area contributed by atoms with Crippen LogP contribution in [0.3, 0.4) is 0 Å². The first-order valence-corrected chi connectivity index (χ1v) is 29.4. The molecule has 0 heterocycles. The van der Waals surface area contributed by atoms with Gasteiger partial charge in [-0.25, -0.2) is 0 Å². The molecule has 0 bridgehead atoms. The van der Waals surface area contributed by atoms with E-state index in [0.29, 0.717) is 11.0 Å². The Labute approximate surface area is 437 Å². The van der Waals surface area contributed by atoms with Gasteiger partial charge >= 0.3 is 11.9 Å². The summed E-state index contributed by atoms with van der Waals surface area (Å²) in [5, 5.41) is 11.7. The highest BCUT2D eigenvalue weighted by molar-refractivity contribution is 5.70. The molecule has 71 heavy (non-hydrogen) atoms. The van der Waals surface area contributed by atoms with Gasteiger partial charge in [0.2, 0.25) is 0 Å². The van der Waals surface area contributed by atoms with E-state index in [0.717, 1.165) is 83.5 Å². The van der Waals surface area contributed by atoms with Gasteiger partial charge in [0.1, 0.15) is 13.2 Å². The number of nitrogens with zero attached hydrogens (tertiary/aromatic N) is 1. The number of carboxylic acids is 1. The second kappa shape index (κ2) is 53.3. The minimum Gasteiger partial charge on any atom is -0.545 e.